The van der Waals surface area contributed by atoms with Gasteiger partial charge in [0.15, 0.2) is 0 Å². The SMILES string of the molecule is COCCN(CC1CCOCC1)C1CC(c2nc(-n3nc(C(C)C)c4cccc(F)c43)no2)C1. The van der Waals surface area contributed by atoms with E-state index < -0.39 is 0 Å². The fraction of sp³-hybridized carbons (Fsp3) is 0.640. The van der Waals surface area contributed by atoms with Gasteiger partial charge in [-0.25, -0.2) is 4.39 Å². The molecule has 34 heavy (non-hydrogen) atoms. The summed E-state index contributed by atoms with van der Waals surface area (Å²) in [6, 6.07) is 5.52. The van der Waals surface area contributed by atoms with Crippen LogP contribution in [-0.2, 0) is 9.47 Å². The molecule has 3 heterocycles. The van der Waals surface area contributed by atoms with E-state index in [0.29, 0.717) is 29.3 Å². The largest absolute Gasteiger partial charge is 0.383 e. The topological polar surface area (TPSA) is 78.4 Å². The maximum atomic E-state index is 14.7. The van der Waals surface area contributed by atoms with Crippen molar-refractivity contribution in [2.24, 2.45) is 5.92 Å². The molecule has 1 aliphatic carbocycles. The van der Waals surface area contributed by atoms with E-state index in [1.54, 1.807) is 13.2 Å². The zero-order chi connectivity index (χ0) is 23.7. The number of hydrogen-bond donors (Lipinski definition) is 0. The fourth-order valence-corrected chi connectivity index (χ4v) is 5.18. The van der Waals surface area contributed by atoms with Gasteiger partial charge in [-0.3, -0.25) is 4.90 Å². The van der Waals surface area contributed by atoms with Crippen LogP contribution >= 0.6 is 0 Å². The molecule has 2 aliphatic rings. The van der Waals surface area contributed by atoms with Crippen molar-refractivity contribution in [3.63, 3.8) is 0 Å². The third-order valence-corrected chi connectivity index (χ3v) is 7.24. The van der Waals surface area contributed by atoms with E-state index in [2.05, 4.69) is 20.1 Å². The summed E-state index contributed by atoms with van der Waals surface area (Å²) in [7, 11) is 1.75. The van der Waals surface area contributed by atoms with E-state index in [1.807, 2.05) is 19.9 Å². The molecule has 9 heteroatoms. The second-order valence-corrected chi connectivity index (χ2v) is 9.89. The number of rotatable bonds is 9. The molecule has 0 unspecified atom stereocenters. The second-order valence-electron chi connectivity index (χ2n) is 9.89. The highest BCUT2D eigenvalue weighted by molar-refractivity contribution is 5.84. The Morgan fingerprint density at radius 3 is 2.76 bits per heavy atom. The first-order chi connectivity index (χ1) is 16.5. The molecule has 2 aromatic heterocycles. The first-order valence-electron chi connectivity index (χ1n) is 12.4. The maximum absolute atomic E-state index is 14.7. The van der Waals surface area contributed by atoms with Crippen LogP contribution < -0.4 is 0 Å². The van der Waals surface area contributed by atoms with Gasteiger partial charge in [-0.2, -0.15) is 14.8 Å². The Morgan fingerprint density at radius 1 is 1.24 bits per heavy atom. The lowest BCUT2D eigenvalue weighted by Crippen LogP contribution is -2.47. The van der Waals surface area contributed by atoms with Crippen LogP contribution in [0.5, 0.6) is 0 Å². The zero-order valence-electron chi connectivity index (χ0n) is 20.2. The van der Waals surface area contributed by atoms with E-state index in [4.69, 9.17) is 14.0 Å². The highest BCUT2D eigenvalue weighted by Crippen LogP contribution is 2.40. The van der Waals surface area contributed by atoms with E-state index in [9.17, 15) is 4.39 Å². The molecule has 184 valence electrons. The van der Waals surface area contributed by atoms with Crippen LogP contribution in [0.3, 0.4) is 0 Å². The lowest BCUT2D eigenvalue weighted by molar-refractivity contribution is 0.0183. The van der Waals surface area contributed by atoms with E-state index in [-0.39, 0.29) is 17.7 Å². The van der Waals surface area contributed by atoms with Crippen molar-refractivity contribution in [3.8, 4) is 5.95 Å². The van der Waals surface area contributed by atoms with Gasteiger partial charge in [-0.05, 0) is 48.7 Å². The molecule has 0 atom stereocenters. The molecule has 1 aromatic carbocycles. The van der Waals surface area contributed by atoms with Gasteiger partial charge >= 0.3 is 0 Å². The van der Waals surface area contributed by atoms with Crippen molar-refractivity contribution in [1.82, 2.24) is 24.8 Å². The molecule has 0 N–H and O–H groups in total. The Balaban J connectivity index is 1.30. The smallest absolute Gasteiger partial charge is 0.291 e. The van der Waals surface area contributed by atoms with Crippen molar-refractivity contribution < 1.29 is 18.4 Å². The molecule has 8 nitrogen and oxygen atoms in total. The Morgan fingerprint density at radius 2 is 2.03 bits per heavy atom. The van der Waals surface area contributed by atoms with Crippen LogP contribution in [0.4, 0.5) is 4.39 Å². The van der Waals surface area contributed by atoms with Crippen LogP contribution in [0.25, 0.3) is 16.9 Å². The van der Waals surface area contributed by atoms with Crippen LogP contribution in [0.2, 0.25) is 0 Å². The Kier molecular flexibility index (Phi) is 6.94. The Bertz CT molecular complexity index is 1100. The van der Waals surface area contributed by atoms with Gasteiger partial charge in [0, 0.05) is 50.8 Å². The molecule has 1 saturated heterocycles. The highest BCUT2D eigenvalue weighted by atomic mass is 19.1. The highest BCUT2D eigenvalue weighted by Gasteiger charge is 2.38. The van der Waals surface area contributed by atoms with Crippen molar-refractivity contribution in [1.29, 1.82) is 0 Å². The molecule has 5 rings (SSSR count). The summed E-state index contributed by atoms with van der Waals surface area (Å²) in [5.41, 5.74) is 1.22. The number of aromatic nitrogens is 4. The third kappa shape index (κ3) is 4.61. The number of para-hydroxylation sites is 1. The van der Waals surface area contributed by atoms with Crippen LogP contribution in [-0.4, -0.2) is 70.9 Å². The van der Waals surface area contributed by atoms with Gasteiger partial charge < -0.3 is 14.0 Å². The third-order valence-electron chi connectivity index (χ3n) is 7.24. The molecule has 3 aromatic rings. The first-order valence-corrected chi connectivity index (χ1v) is 12.4. The van der Waals surface area contributed by atoms with Crippen LogP contribution in [0, 0.1) is 11.7 Å². The molecule has 0 bridgehead atoms. The summed E-state index contributed by atoms with van der Waals surface area (Å²) in [4.78, 5) is 7.19. The second kappa shape index (κ2) is 10.1. The number of nitrogens with zero attached hydrogens (tertiary/aromatic N) is 5. The van der Waals surface area contributed by atoms with E-state index in [0.717, 1.165) is 69.7 Å². The van der Waals surface area contributed by atoms with Crippen molar-refractivity contribution in [3.05, 3.63) is 35.6 Å². The molecular formula is C25H34FN5O3. The standard InChI is InChI=1S/C25H34FN5O3/c1-16(2)22-20-5-4-6-21(26)23(20)31(28-22)25-27-24(34-29-25)18-13-19(14-18)30(9-12-32-3)15-17-7-10-33-11-8-17/h4-6,16-19H,7-15H2,1-3H3. The number of methoxy groups -OCH3 is 1. The number of ether oxygens (including phenoxy) is 2. The van der Waals surface area contributed by atoms with Crippen molar-refractivity contribution in [2.75, 3.05) is 40.0 Å². The number of fused-ring (bicyclic) bond motifs is 1. The van der Waals surface area contributed by atoms with Gasteiger partial charge in [0.05, 0.1) is 12.3 Å². The van der Waals surface area contributed by atoms with Crippen molar-refractivity contribution in [2.45, 2.75) is 57.4 Å². The predicted octanol–water partition coefficient (Wildman–Crippen LogP) is 4.29. The summed E-state index contributed by atoms with van der Waals surface area (Å²) >= 11 is 0. The Labute approximate surface area is 199 Å². The molecule has 1 saturated carbocycles. The molecule has 2 fully saturated rings. The summed E-state index contributed by atoms with van der Waals surface area (Å²) in [5, 5.41) is 9.59. The van der Waals surface area contributed by atoms with Gasteiger partial charge in [0.25, 0.3) is 5.95 Å². The normalized spacial score (nSPS) is 21.6. The van der Waals surface area contributed by atoms with E-state index >= 15 is 0 Å². The van der Waals surface area contributed by atoms with Gasteiger partial charge in [0.1, 0.15) is 11.3 Å². The van der Waals surface area contributed by atoms with Gasteiger partial charge in [-0.1, -0.05) is 26.0 Å². The minimum absolute atomic E-state index is 0.151. The summed E-state index contributed by atoms with van der Waals surface area (Å²) < 4.78 is 32.7. The average molecular weight is 472 g/mol. The Hall–Kier alpha value is -2.36. The lowest BCUT2D eigenvalue weighted by atomic mass is 9.78. The summed E-state index contributed by atoms with van der Waals surface area (Å²) in [6.07, 6.45) is 4.19. The van der Waals surface area contributed by atoms with Gasteiger partial charge in [-0.15, -0.1) is 0 Å². The monoisotopic (exact) mass is 471 g/mol. The minimum atomic E-state index is -0.339. The quantitative estimate of drug-likeness (QED) is 0.461. The maximum Gasteiger partial charge on any atom is 0.291 e. The molecule has 0 radical (unpaired) electrons. The van der Waals surface area contributed by atoms with E-state index in [1.165, 1.54) is 10.7 Å². The number of benzene rings is 1. The van der Waals surface area contributed by atoms with Crippen molar-refractivity contribution >= 4 is 10.9 Å². The molecular weight excluding hydrogens is 437 g/mol. The van der Waals surface area contributed by atoms with Crippen LogP contribution in [0.1, 0.15) is 63.0 Å². The summed E-state index contributed by atoms with van der Waals surface area (Å²) in [5.74, 6) is 1.60. The summed E-state index contributed by atoms with van der Waals surface area (Å²) in [6.45, 7) is 8.55. The van der Waals surface area contributed by atoms with Gasteiger partial charge in [0.2, 0.25) is 5.89 Å². The zero-order valence-corrected chi connectivity index (χ0v) is 20.2. The van der Waals surface area contributed by atoms with Crippen LogP contribution in [0.15, 0.2) is 22.7 Å². The fourth-order valence-electron chi connectivity index (χ4n) is 5.18. The number of halogens is 1. The molecule has 1 aliphatic heterocycles. The number of hydrogen-bond acceptors (Lipinski definition) is 7. The molecule has 0 spiro atoms. The first kappa shape index (κ1) is 23.4. The lowest BCUT2D eigenvalue weighted by Gasteiger charge is -2.43. The predicted molar refractivity (Wildman–Crippen MR) is 126 cm³/mol. The minimum Gasteiger partial charge on any atom is -0.383 e. The molecule has 0 amide bonds. The average Bonchev–Trinajstić information content (AvgIpc) is 3.43.